The number of carbonyl (C=O) groups excluding carboxylic acids is 1. The summed E-state index contributed by atoms with van der Waals surface area (Å²) in [7, 11) is 1.63. The van der Waals surface area contributed by atoms with Gasteiger partial charge in [-0.2, -0.15) is 0 Å². The minimum atomic E-state index is 0.140. The molecule has 3 nitrogen and oxygen atoms in total. The Balaban J connectivity index is 2.05. The summed E-state index contributed by atoms with van der Waals surface area (Å²) in [4.78, 5) is 11.8. The molecule has 1 fully saturated rings. The zero-order valence-corrected chi connectivity index (χ0v) is 11.5. The first kappa shape index (κ1) is 13.2. The fourth-order valence-corrected chi connectivity index (χ4v) is 2.52. The first-order valence-corrected chi connectivity index (χ1v) is 6.60. The van der Waals surface area contributed by atoms with E-state index in [-0.39, 0.29) is 11.8 Å². The summed E-state index contributed by atoms with van der Waals surface area (Å²) in [6.07, 6.45) is 3.19. The van der Waals surface area contributed by atoms with Crippen molar-refractivity contribution in [2.24, 2.45) is 5.92 Å². The molecule has 1 aliphatic rings. The van der Waals surface area contributed by atoms with Gasteiger partial charge in [-0.25, -0.2) is 0 Å². The van der Waals surface area contributed by atoms with Gasteiger partial charge >= 0.3 is 0 Å². The Labute approximate surface area is 112 Å². The number of carbonyl (C=O) groups is 1. The maximum atomic E-state index is 11.8. The first-order valence-electron chi connectivity index (χ1n) is 6.22. The monoisotopic (exact) mass is 267 g/mol. The predicted octanol–water partition coefficient (Wildman–Crippen LogP) is 3.07. The van der Waals surface area contributed by atoms with Crippen molar-refractivity contribution >= 4 is 17.5 Å². The Morgan fingerprint density at radius 2 is 2.22 bits per heavy atom. The summed E-state index contributed by atoms with van der Waals surface area (Å²) in [5.41, 5.74) is 1.91. The lowest BCUT2D eigenvalue weighted by molar-refractivity contribution is -0.127. The van der Waals surface area contributed by atoms with E-state index in [1.54, 1.807) is 7.11 Å². The van der Waals surface area contributed by atoms with Crippen LogP contribution in [0.25, 0.3) is 0 Å². The quantitative estimate of drug-likeness (QED) is 0.910. The van der Waals surface area contributed by atoms with Gasteiger partial charge in [-0.3, -0.25) is 4.79 Å². The lowest BCUT2D eigenvalue weighted by Gasteiger charge is -2.24. The Bertz CT molecular complexity index is 455. The Morgan fingerprint density at radius 1 is 1.50 bits per heavy atom. The summed E-state index contributed by atoms with van der Waals surface area (Å²) in [5.74, 6) is 1.14. The number of rotatable bonds is 4. The van der Waals surface area contributed by atoms with Crippen molar-refractivity contribution in [1.82, 2.24) is 5.32 Å². The topological polar surface area (TPSA) is 38.3 Å². The minimum Gasteiger partial charge on any atom is -0.496 e. The molecule has 1 aromatic carbocycles. The van der Waals surface area contributed by atoms with Crippen LogP contribution in [0.2, 0.25) is 5.02 Å². The van der Waals surface area contributed by atoms with Crippen LogP contribution < -0.4 is 10.1 Å². The third-order valence-corrected chi connectivity index (χ3v) is 3.67. The largest absolute Gasteiger partial charge is 0.496 e. The van der Waals surface area contributed by atoms with Gasteiger partial charge in [0.05, 0.1) is 7.11 Å². The molecule has 1 N–H and O–H groups in total. The predicted molar refractivity (Wildman–Crippen MR) is 71.9 cm³/mol. The molecule has 0 aromatic heterocycles. The van der Waals surface area contributed by atoms with Crippen LogP contribution in [-0.4, -0.2) is 13.0 Å². The van der Waals surface area contributed by atoms with Crippen molar-refractivity contribution in [3.05, 3.63) is 28.3 Å². The summed E-state index contributed by atoms with van der Waals surface area (Å²) >= 11 is 6.03. The number of ether oxygens (including phenoxy) is 1. The van der Waals surface area contributed by atoms with Crippen LogP contribution in [0, 0.1) is 12.8 Å². The smallest absolute Gasteiger partial charge is 0.223 e. The van der Waals surface area contributed by atoms with E-state index in [0.717, 1.165) is 36.1 Å². The lowest BCUT2D eigenvalue weighted by Crippen LogP contribution is -2.34. The molecule has 0 heterocycles. The SMILES string of the molecule is COc1c(C)cc(Cl)cc1CNC(=O)C1CCC1. The van der Waals surface area contributed by atoms with Gasteiger partial charge in [0, 0.05) is 23.0 Å². The van der Waals surface area contributed by atoms with Gasteiger partial charge in [0.2, 0.25) is 5.91 Å². The van der Waals surface area contributed by atoms with E-state index >= 15 is 0 Å². The number of methoxy groups -OCH3 is 1. The van der Waals surface area contributed by atoms with Gasteiger partial charge < -0.3 is 10.1 Å². The fourth-order valence-electron chi connectivity index (χ4n) is 2.22. The highest BCUT2D eigenvalue weighted by atomic mass is 35.5. The molecule has 2 rings (SSSR count). The van der Waals surface area contributed by atoms with Gasteiger partial charge in [-0.15, -0.1) is 0 Å². The molecular formula is C14H18ClNO2. The highest BCUT2D eigenvalue weighted by molar-refractivity contribution is 6.30. The molecule has 1 aliphatic carbocycles. The van der Waals surface area contributed by atoms with Crippen molar-refractivity contribution < 1.29 is 9.53 Å². The van der Waals surface area contributed by atoms with E-state index in [0.29, 0.717) is 11.6 Å². The molecule has 0 spiro atoms. The van der Waals surface area contributed by atoms with Crippen LogP contribution in [0.15, 0.2) is 12.1 Å². The van der Waals surface area contributed by atoms with Gasteiger partial charge in [0.15, 0.2) is 0 Å². The van der Waals surface area contributed by atoms with E-state index in [4.69, 9.17) is 16.3 Å². The molecule has 1 amide bonds. The van der Waals surface area contributed by atoms with Crippen LogP contribution in [0.5, 0.6) is 5.75 Å². The van der Waals surface area contributed by atoms with Crippen LogP contribution in [-0.2, 0) is 11.3 Å². The maximum absolute atomic E-state index is 11.8. The number of hydrogen-bond acceptors (Lipinski definition) is 2. The van der Waals surface area contributed by atoms with Gasteiger partial charge in [0.25, 0.3) is 0 Å². The second-order valence-corrected chi connectivity index (χ2v) is 5.20. The maximum Gasteiger partial charge on any atom is 0.223 e. The highest BCUT2D eigenvalue weighted by Gasteiger charge is 2.25. The third-order valence-electron chi connectivity index (χ3n) is 3.45. The number of aryl methyl sites for hydroxylation is 1. The Hall–Kier alpha value is -1.22. The van der Waals surface area contributed by atoms with Gasteiger partial charge in [-0.1, -0.05) is 18.0 Å². The number of halogens is 1. The standard InChI is InChI=1S/C14H18ClNO2/c1-9-6-12(15)7-11(13(9)18-2)8-16-14(17)10-4-3-5-10/h6-7,10H,3-5,8H2,1-2H3,(H,16,17). The molecule has 4 heteroatoms. The highest BCUT2D eigenvalue weighted by Crippen LogP contribution is 2.29. The number of benzene rings is 1. The summed E-state index contributed by atoms with van der Waals surface area (Å²) in [5, 5.41) is 3.62. The van der Waals surface area contributed by atoms with Crippen molar-refractivity contribution in [1.29, 1.82) is 0 Å². The third kappa shape index (κ3) is 2.78. The van der Waals surface area contributed by atoms with Gasteiger partial charge in [-0.05, 0) is 37.5 Å². The number of nitrogens with one attached hydrogen (secondary N) is 1. The van der Waals surface area contributed by atoms with E-state index in [9.17, 15) is 4.79 Å². The Kier molecular flexibility index (Phi) is 4.12. The molecule has 18 heavy (non-hydrogen) atoms. The minimum absolute atomic E-state index is 0.140. The average molecular weight is 268 g/mol. The molecule has 0 saturated heterocycles. The summed E-state index contributed by atoms with van der Waals surface area (Å²) in [6, 6.07) is 3.70. The van der Waals surface area contributed by atoms with E-state index in [1.165, 1.54) is 0 Å². The van der Waals surface area contributed by atoms with Crippen LogP contribution >= 0.6 is 11.6 Å². The molecule has 1 aromatic rings. The lowest BCUT2D eigenvalue weighted by atomic mass is 9.85. The zero-order chi connectivity index (χ0) is 13.1. The summed E-state index contributed by atoms with van der Waals surface area (Å²) < 4.78 is 5.35. The second-order valence-electron chi connectivity index (χ2n) is 4.76. The van der Waals surface area contributed by atoms with Crippen LogP contribution in [0.3, 0.4) is 0 Å². The zero-order valence-electron chi connectivity index (χ0n) is 10.8. The molecule has 0 atom stereocenters. The number of hydrogen-bond donors (Lipinski definition) is 1. The molecule has 1 saturated carbocycles. The molecule has 0 aliphatic heterocycles. The molecule has 98 valence electrons. The van der Waals surface area contributed by atoms with E-state index in [2.05, 4.69) is 5.32 Å². The molecule has 0 radical (unpaired) electrons. The van der Waals surface area contributed by atoms with Crippen LogP contribution in [0.1, 0.15) is 30.4 Å². The molecule has 0 bridgehead atoms. The molecular weight excluding hydrogens is 250 g/mol. The van der Waals surface area contributed by atoms with Crippen molar-refractivity contribution in [3.8, 4) is 5.75 Å². The van der Waals surface area contributed by atoms with E-state index < -0.39 is 0 Å². The first-order chi connectivity index (χ1) is 8.61. The van der Waals surface area contributed by atoms with Crippen LogP contribution in [0.4, 0.5) is 0 Å². The number of amides is 1. The Morgan fingerprint density at radius 3 is 2.78 bits per heavy atom. The van der Waals surface area contributed by atoms with Crippen molar-refractivity contribution in [3.63, 3.8) is 0 Å². The normalized spacial score (nSPS) is 15.1. The van der Waals surface area contributed by atoms with Gasteiger partial charge in [0.1, 0.15) is 5.75 Å². The van der Waals surface area contributed by atoms with Crippen molar-refractivity contribution in [2.45, 2.75) is 32.7 Å². The summed E-state index contributed by atoms with van der Waals surface area (Å²) in [6.45, 7) is 2.42. The molecule has 0 unspecified atom stereocenters. The average Bonchev–Trinajstić information content (AvgIpc) is 2.23. The van der Waals surface area contributed by atoms with Crippen molar-refractivity contribution in [2.75, 3.05) is 7.11 Å². The second kappa shape index (κ2) is 5.61. The fraction of sp³-hybridized carbons (Fsp3) is 0.500. The van der Waals surface area contributed by atoms with E-state index in [1.807, 2.05) is 19.1 Å².